The summed E-state index contributed by atoms with van der Waals surface area (Å²) < 4.78 is 0. The monoisotopic (exact) mass is 353 g/mol. The van der Waals surface area contributed by atoms with Crippen LogP contribution >= 0.6 is 0 Å². The maximum atomic E-state index is 12.2. The minimum atomic E-state index is -0.326. The molecule has 7 heteroatoms. The van der Waals surface area contributed by atoms with Gasteiger partial charge in [-0.1, -0.05) is 18.2 Å². The van der Waals surface area contributed by atoms with Gasteiger partial charge in [0.25, 0.3) is 0 Å². The van der Waals surface area contributed by atoms with E-state index in [1.807, 2.05) is 50.5 Å². The van der Waals surface area contributed by atoms with Crippen molar-refractivity contribution in [1.82, 2.24) is 10.2 Å². The lowest BCUT2D eigenvalue weighted by Gasteiger charge is -2.16. The van der Waals surface area contributed by atoms with Crippen LogP contribution in [0.3, 0.4) is 0 Å². The molecule has 4 amide bonds. The molecule has 1 fully saturated rings. The van der Waals surface area contributed by atoms with Crippen LogP contribution in [0.2, 0.25) is 0 Å². The van der Waals surface area contributed by atoms with Crippen molar-refractivity contribution in [2.24, 2.45) is 0 Å². The van der Waals surface area contributed by atoms with Crippen molar-refractivity contribution in [1.29, 1.82) is 0 Å². The van der Waals surface area contributed by atoms with Crippen molar-refractivity contribution < 1.29 is 9.59 Å². The first-order valence-electron chi connectivity index (χ1n) is 8.48. The number of urea groups is 2. The predicted octanol–water partition coefficient (Wildman–Crippen LogP) is 2.92. The van der Waals surface area contributed by atoms with Gasteiger partial charge in [-0.25, -0.2) is 9.59 Å². The Balaban J connectivity index is 1.60. The zero-order valence-corrected chi connectivity index (χ0v) is 15.0. The van der Waals surface area contributed by atoms with Crippen LogP contribution in [0.1, 0.15) is 5.56 Å². The van der Waals surface area contributed by atoms with Gasteiger partial charge in [0.15, 0.2) is 0 Å². The molecular weight excluding hydrogens is 330 g/mol. The van der Waals surface area contributed by atoms with E-state index >= 15 is 0 Å². The quantitative estimate of drug-likeness (QED) is 0.773. The third-order valence-electron chi connectivity index (χ3n) is 3.98. The zero-order chi connectivity index (χ0) is 18.5. The number of hydrogen-bond donors (Lipinski definition) is 3. The predicted molar refractivity (Wildman–Crippen MR) is 104 cm³/mol. The van der Waals surface area contributed by atoms with Gasteiger partial charge in [0.1, 0.15) is 0 Å². The maximum absolute atomic E-state index is 12.2. The van der Waals surface area contributed by atoms with Crippen molar-refractivity contribution in [3.63, 3.8) is 0 Å². The summed E-state index contributed by atoms with van der Waals surface area (Å²) in [5.41, 5.74) is 3.28. The fourth-order valence-corrected chi connectivity index (χ4v) is 2.82. The van der Waals surface area contributed by atoms with Crippen molar-refractivity contribution in [2.75, 3.05) is 42.7 Å². The van der Waals surface area contributed by atoms with Gasteiger partial charge in [0.2, 0.25) is 0 Å². The molecule has 0 aromatic heterocycles. The van der Waals surface area contributed by atoms with E-state index in [1.54, 1.807) is 17.0 Å². The largest absolute Gasteiger partial charge is 0.336 e. The summed E-state index contributed by atoms with van der Waals surface area (Å²) >= 11 is 0. The summed E-state index contributed by atoms with van der Waals surface area (Å²) in [6, 6.07) is 14.5. The molecule has 0 aliphatic carbocycles. The highest BCUT2D eigenvalue weighted by atomic mass is 16.2. The SMILES string of the molecule is CN(C)Cc1ccc(NC(=O)Nc2cccc(N3CCNC3=O)c2)cc1. The average molecular weight is 353 g/mol. The minimum Gasteiger partial charge on any atom is -0.336 e. The lowest BCUT2D eigenvalue weighted by molar-refractivity contribution is 0.252. The molecule has 0 radical (unpaired) electrons. The van der Waals surface area contributed by atoms with Gasteiger partial charge in [-0.2, -0.15) is 0 Å². The van der Waals surface area contributed by atoms with Gasteiger partial charge in [-0.3, -0.25) is 4.90 Å². The smallest absolute Gasteiger partial charge is 0.323 e. The van der Waals surface area contributed by atoms with Crippen molar-refractivity contribution in [3.8, 4) is 0 Å². The van der Waals surface area contributed by atoms with E-state index in [9.17, 15) is 9.59 Å². The summed E-state index contributed by atoms with van der Waals surface area (Å²) in [6.45, 7) is 2.10. The Hall–Kier alpha value is -3.06. The molecule has 0 bridgehead atoms. The first-order valence-corrected chi connectivity index (χ1v) is 8.48. The molecule has 0 atom stereocenters. The van der Waals surface area contributed by atoms with Gasteiger partial charge in [-0.05, 0) is 50.0 Å². The molecular formula is C19H23N5O2. The zero-order valence-electron chi connectivity index (χ0n) is 15.0. The van der Waals surface area contributed by atoms with Crippen LogP contribution in [-0.2, 0) is 6.54 Å². The van der Waals surface area contributed by atoms with E-state index in [2.05, 4.69) is 20.9 Å². The Morgan fingerprint density at radius 1 is 1.12 bits per heavy atom. The summed E-state index contributed by atoms with van der Waals surface area (Å²) in [5.74, 6) is 0. The third-order valence-corrected chi connectivity index (χ3v) is 3.98. The molecule has 2 aromatic carbocycles. The molecule has 136 valence electrons. The van der Waals surface area contributed by atoms with E-state index in [1.165, 1.54) is 5.56 Å². The van der Waals surface area contributed by atoms with Gasteiger partial charge in [0, 0.05) is 36.7 Å². The number of nitrogens with zero attached hydrogens (tertiary/aromatic N) is 2. The minimum absolute atomic E-state index is 0.121. The highest BCUT2D eigenvalue weighted by Gasteiger charge is 2.21. The molecule has 26 heavy (non-hydrogen) atoms. The molecule has 1 heterocycles. The maximum Gasteiger partial charge on any atom is 0.323 e. The molecule has 3 N–H and O–H groups in total. The number of amides is 4. The molecule has 1 aliphatic rings. The lowest BCUT2D eigenvalue weighted by Crippen LogP contribution is -2.27. The van der Waals surface area contributed by atoms with E-state index < -0.39 is 0 Å². The third kappa shape index (κ3) is 4.52. The Labute approximate surface area is 153 Å². The van der Waals surface area contributed by atoms with E-state index in [0.717, 1.165) is 17.9 Å². The van der Waals surface area contributed by atoms with Crippen molar-refractivity contribution >= 4 is 29.1 Å². The Kier molecular flexibility index (Phi) is 5.38. The fraction of sp³-hybridized carbons (Fsp3) is 0.263. The Morgan fingerprint density at radius 3 is 2.50 bits per heavy atom. The Bertz CT molecular complexity index is 789. The number of nitrogens with one attached hydrogen (secondary N) is 3. The number of benzene rings is 2. The van der Waals surface area contributed by atoms with Crippen LogP contribution in [0, 0.1) is 0 Å². The van der Waals surface area contributed by atoms with E-state index in [-0.39, 0.29) is 12.1 Å². The van der Waals surface area contributed by atoms with Crippen molar-refractivity contribution in [3.05, 3.63) is 54.1 Å². The fourth-order valence-electron chi connectivity index (χ4n) is 2.82. The molecule has 0 unspecified atom stereocenters. The molecule has 3 rings (SSSR count). The van der Waals surface area contributed by atoms with Crippen LogP contribution < -0.4 is 20.9 Å². The highest BCUT2D eigenvalue weighted by molar-refractivity contribution is 6.00. The van der Waals surface area contributed by atoms with Crippen LogP contribution in [0.5, 0.6) is 0 Å². The first-order chi connectivity index (χ1) is 12.5. The van der Waals surface area contributed by atoms with Gasteiger partial charge in [0.05, 0.1) is 0 Å². The molecule has 0 saturated carbocycles. The van der Waals surface area contributed by atoms with E-state index in [4.69, 9.17) is 0 Å². The standard InChI is InChI=1S/C19H23N5O2/c1-23(2)13-14-6-8-15(9-7-14)21-18(25)22-16-4-3-5-17(12-16)24-11-10-20-19(24)26/h3-9,12H,10-11,13H2,1-2H3,(H,20,26)(H2,21,22,25). The number of rotatable bonds is 5. The highest BCUT2D eigenvalue weighted by Crippen LogP contribution is 2.21. The van der Waals surface area contributed by atoms with E-state index in [0.29, 0.717) is 18.8 Å². The van der Waals surface area contributed by atoms with Gasteiger partial charge < -0.3 is 20.9 Å². The lowest BCUT2D eigenvalue weighted by atomic mass is 10.2. The number of anilines is 3. The second-order valence-corrected chi connectivity index (χ2v) is 6.45. The topological polar surface area (TPSA) is 76.7 Å². The second-order valence-electron chi connectivity index (χ2n) is 6.45. The molecule has 1 saturated heterocycles. The summed E-state index contributed by atoms with van der Waals surface area (Å²) in [7, 11) is 4.03. The number of carbonyl (C=O) groups excluding carboxylic acids is 2. The van der Waals surface area contributed by atoms with Crippen LogP contribution in [-0.4, -0.2) is 44.1 Å². The average Bonchev–Trinajstić information content (AvgIpc) is 3.02. The van der Waals surface area contributed by atoms with Crippen LogP contribution in [0.25, 0.3) is 0 Å². The normalized spacial score (nSPS) is 13.7. The Morgan fingerprint density at radius 2 is 1.85 bits per heavy atom. The van der Waals surface area contributed by atoms with Crippen molar-refractivity contribution in [2.45, 2.75) is 6.54 Å². The van der Waals surface area contributed by atoms with Gasteiger partial charge >= 0.3 is 12.1 Å². The van der Waals surface area contributed by atoms with Crippen LogP contribution in [0.4, 0.5) is 26.7 Å². The first kappa shape index (κ1) is 17.8. The summed E-state index contributed by atoms with van der Waals surface area (Å²) in [5, 5.41) is 8.37. The summed E-state index contributed by atoms with van der Waals surface area (Å²) in [4.78, 5) is 27.7. The van der Waals surface area contributed by atoms with Crippen LogP contribution in [0.15, 0.2) is 48.5 Å². The molecule has 1 aliphatic heterocycles. The van der Waals surface area contributed by atoms with Gasteiger partial charge in [-0.15, -0.1) is 0 Å². The molecule has 0 spiro atoms. The number of carbonyl (C=O) groups is 2. The second kappa shape index (κ2) is 7.88. The number of hydrogen-bond acceptors (Lipinski definition) is 3. The molecule has 2 aromatic rings. The summed E-state index contributed by atoms with van der Waals surface area (Å²) in [6.07, 6.45) is 0. The molecule has 7 nitrogen and oxygen atoms in total.